The minimum Gasteiger partial charge on any atom is -0.344 e. The minimum atomic E-state index is -0.310. The number of amides is 2. The van der Waals surface area contributed by atoms with E-state index >= 15 is 0 Å². The zero-order valence-electron chi connectivity index (χ0n) is 16.6. The summed E-state index contributed by atoms with van der Waals surface area (Å²) in [5.41, 5.74) is 2.59. The highest BCUT2D eigenvalue weighted by Gasteiger charge is 2.17. The number of nitrogens with zero attached hydrogens (tertiary/aromatic N) is 3. The van der Waals surface area contributed by atoms with Crippen molar-refractivity contribution in [3.05, 3.63) is 95.6 Å². The number of carbonyl (C=O) groups excluding carboxylic acids is 2. The molecule has 2 heterocycles. The molecule has 6 heteroatoms. The maximum absolute atomic E-state index is 12.7. The lowest BCUT2D eigenvalue weighted by atomic mass is 10.1. The van der Waals surface area contributed by atoms with Crippen molar-refractivity contribution in [2.75, 3.05) is 13.6 Å². The van der Waals surface area contributed by atoms with E-state index in [0.29, 0.717) is 6.54 Å². The highest BCUT2D eigenvalue weighted by molar-refractivity contribution is 5.96. The maximum Gasteiger partial charge on any atom is 0.272 e. The Morgan fingerprint density at radius 1 is 0.966 bits per heavy atom. The molecule has 0 aliphatic carbocycles. The topological polar surface area (TPSA) is 75.2 Å². The molecule has 1 unspecified atom stereocenters. The normalized spacial score (nSPS) is 11.5. The Kier molecular flexibility index (Phi) is 6.68. The Labute approximate surface area is 170 Å². The molecule has 0 fully saturated rings. The van der Waals surface area contributed by atoms with Crippen molar-refractivity contribution in [3.63, 3.8) is 0 Å². The summed E-state index contributed by atoms with van der Waals surface area (Å²) < 4.78 is 0. The quantitative estimate of drug-likeness (QED) is 0.674. The lowest BCUT2D eigenvalue weighted by Crippen LogP contribution is -2.31. The Balaban J connectivity index is 1.63. The van der Waals surface area contributed by atoms with Crippen LogP contribution in [0.2, 0.25) is 0 Å². The van der Waals surface area contributed by atoms with E-state index in [0.717, 1.165) is 17.5 Å². The Morgan fingerprint density at radius 3 is 2.38 bits per heavy atom. The average Bonchev–Trinajstić information content (AvgIpc) is 2.78. The minimum absolute atomic E-state index is 0.159. The summed E-state index contributed by atoms with van der Waals surface area (Å²) in [5.74, 6) is -0.528. The fraction of sp³-hybridized carbons (Fsp3) is 0.217. The van der Waals surface area contributed by atoms with Crippen LogP contribution in [0.15, 0.2) is 73.1 Å². The molecule has 3 rings (SSSR count). The molecule has 2 aromatic heterocycles. The van der Waals surface area contributed by atoms with Crippen molar-refractivity contribution >= 4 is 11.8 Å². The van der Waals surface area contributed by atoms with Gasteiger partial charge in [0.05, 0.1) is 6.04 Å². The van der Waals surface area contributed by atoms with Crippen molar-refractivity contribution in [2.24, 2.45) is 0 Å². The van der Waals surface area contributed by atoms with Crippen LogP contribution in [0.1, 0.15) is 45.1 Å². The zero-order valence-corrected chi connectivity index (χ0v) is 16.6. The van der Waals surface area contributed by atoms with E-state index in [1.807, 2.05) is 49.4 Å². The van der Waals surface area contributed by atoms with Crippen LogP contribution in [0.3, 0.4) is 0 Å². The summed E-state index contributed by atoms with van der Waals surface area (Å²) in [5, 5.41) is 2.92. The molecule has 0 aliphatic rings. The van der Waals surface area contributed by atoms with Gasteiger partial charge in [-0.05, 0) is 48.7 Å². The lowest BCUT2D eigenvalue weighted by molar-refractivity contribution is 0.0790. The van der Waals surface area contributed by atoms with Crippen molar-refractivity contribution in [1.82, 2.24) is 20.2 Å². The van der Waals surface area contributed by atoms with Gasteiger partial charge in [-0.3, -0.25) is 14.6 Å². The molecule has 0 bridgehead atoms. The first-order valence-corrected chi connectivity index (χ1v) is 9.52. The van der Waals surface area contributed by atoms with Crippen LogP contribution < -0.4 is 5.32 Å². The van der Waals surface area contributed by atoms with Crippen molar-refractivity contribution in [1.29, 1.82) is 0 Å². The molecule has 1 aromatic carbocycles. The first-order chi connectivity index (χ1) is 14.0. The average molecular weight is 388 g/mol. The molecule has 3 aromatic rings. The number of hydrogen-bond acceptors (Lipinski definition) is 4. The van der Waals surface area contributed by atoms with E-state index in [2.05, 4.69) is 15.3 Å². The number of aromatic nitrogens is 2. The van der Waals surface area contributed by atoms with Crippen molar-refractivity contribution in [3.8, 4) is 0 Å². The van der Waals surface area contributed by atoms with Gasteiger partial charge < -0.3 is 10.2 Å². The second kappa shape index (κ2) is 9.59. The summed E-state index contributed by atoms with van der Waals surface area (Å²) in [6, 6.07) is 18.3. The van der Waals surface area contributed by atoms with Gasteiger partial charge in [-0.1, -0.05) is 36.4 Å². The summed E-state index contributed by atoms with van der Waals surface area (Å²) in [7, 11) is 1.73. The third-order valence-electron chi connectivity index (χ3n) is 4.68. The third-order valence-corrected chi connectivity index (χ3v) is 4.68. The number of benzene rings is 1. The predicted octanol–water partition coefficient (Wildman–Crippen LogP) is 3.28. The van der Waals surface area contributed by atoms with Crippen LogP contribution >= 0.6 is 0 Å². The molecule has 148 valence electrons. The number of likely N-dealkylation sites (N-methyl/N-ethyl adjacent to an activating group) is 1. The lowest BCUT2D eigenvalue weighted by Gasteiger charge is -2.17. The van der Waals surface area contributed by atoms with Gasteiger partial charge in [0.15, 0.2) is 0 Å². The number of carbonyl (C=O) groups is 2. The smallest absolute Gasteiger partial charge is 0.272 e. The van der Waals surface area contributed by atoms with Crippen LogP contribution in [0.4, 0.5) is 0 Å². The highest BCUT2D eigenvalue weighted by Crippen LogP contribution is 2.12. The molecule has 29 heavy (non-hydrogen) atoms. The van der Waals surface area contributed by atoms with Crippen LogP contribution in [-0.2, 0) is 6.42 Å². The van der Waals surface area contributed by atoms with Crippen LogP contribution in [0.5, 0.6) is 0 Å². The van der Waals surface area contributed by atoms with Crippen LogP contribution in [0, 0.1) is 0 Å². The molecular weight excluding hydrogens is 364 g/mol. The van der Waals surface area contributed by atoms with Gasteiger partial charge in [0, 0.05) is 26.0 Å². The summed E-state index contributed by atoms with van der Waals surface area (Å²) in [6.45, 7) is 2.46. The molecule has 1 N–H and O–H groups in total. The van der Waals surface area contributed by atoms with Crippen LogP contribution in [-0.4, -0.2) is 40.3 Å². The standard InChI is InChI=1S/C23H24N4O2/c1-17(19-7-4-3-5-8-19)25-22(28)20-9-6-10-21(26-20)23(29)27(2)16-13-18-11-14-24-15-12-18/h3-12,14-15,17H,13,16H2,1-2H3,(H,25,28). The van der Waals surface area contributed by atoms with Gasteiger partial charge in [-0.15, -0.1) is 0 Å². The van der Waals surface area contributed by atoms with Crippen molar-refractivity contribution in [2.45, 2.75) is 19.4 Å². The number of rotatable bonds is 7. The van der Waals surface area contributed by atoms with E-state index in [4.69, 9.17) is 0 Å². The Bertz CT molecular complexity index is 961. The monoisotopic (exact) mass is 388 g/mol. The first kappa shape index (κ1) is 20.2. The SMILES string of the molecule is CC(NC(=O)c1cccc(C(=O)N(C)CCc2ccncc2)n1)c1ccccc1. The van der Waals surface area contributed by atoms with Gasteiger partial charge >= 0.3 is 0 Å². The van der Waals surface area contributed by atoms with Gasteiger partial charge in [-0.25, -0.2) is 4.98 Å². The number of pyridine rings is 2. The van der Waals surface area contributed by atoms with Gasteiger partial charge in [0.1, 0.15) is 11.4 Å². The molecule has 0 saturated heterocycles. The van der Waals surface area contributed by atoms with Crippen molar-refractivity contribution < 1.29 is 9.59 Å². The fourth-order valence-electron chi connectivity index (χ4n) is 2.92. The molecule has 1 atom stereocenters. The summed E-state index contributed by atoms with van der Waals surface area (Å²) >= 11 is 0. The second-order valence-electron chi connectivity index (χ2n) is 6.85. The molecule has 0 radical (unpaired) electrons. The Hall–Kier alpha value is -3.54. The number of nitrogens with one attached hydrogen (secondary N) is 1. The number of hydrogen-bond donors (Lipinski definition) is 1. The van der Waals surface area contributed by atoms with E-state index in [1.165, 1.54) is 0 Å². The van der Waals surface area contributed by atoms with E-state index < -0.39 is 0 Å². The predicted molar refractivity (Wildman–Crippen MR) is 111 cm³/mol. The third kappa shape index (κ3) is 5.48. The molecule has 2 amide bonds. The van der Waals surface area contributed by atoms with Gasteiger partial charge in [0.25, 0.3) is 11.8 Å². The molecule has 0 saturated carbocycles. The summed E-state index contributed by atoms with van der Waals surface area (Å²) in [4.78, 5) is 35.2. The highest BCUT2D eigenvalue weighted by atomic mass is 16.2. The van der Waals surface area contributed by atoms with Gasteiger partial charge in [-0.2, -0.15) is 0 Å². The molecule has 6 nitrogen and oxygen atoms in total. The zero-order chi connectivity index (χ0) is 20.6. The van der Waals surface area contributed by atoms with E-state index in [1.54, 1.807) is 42.5 Å². The molecule has 0 spiro atoms. The second-order valence-corrected chi connectivity index (χ2v) is 6.85. The maximum atomic E-state index is 12.7. The fourth-order valence-corrected chi connectivity index (χ4v) is 2.92. The summed E-state index contributed by atoms with van der Waals surface area (Å²) in [6.07, 6.45) is 4.19. The molecule has 0 aliphatic heterocycles. The largest absolute Gasteiger partial charge is 0.344 e. The first-order valence-electron chi connectivity index (χ1n) is 9.52. The molecular formula is C23H24N4O2. The van der Waals surface area contributed by atoms with E-state index in [-0.39, 0.29) is 29.2 Å². The van der Waals surface area contributed by atoms with Gasteiger partial charge in [0.2, 0.25) is 0 Å². The van der Waals surface area contributed by atoms with E-state index in [9.17, 15) is 9.59 Å². The Morgan fingerprint density at radius 2 is 1.66 bits per heavy atom. The van der Waals surface area contributed by atoms with Crippen LogP contribution in [0.25, 0.3) is 0 Å².